The molecule has 2 amide bonds. The number of hydrogen-bond acceptors (Lipinski definition) is 4. The predicted molar refractivity (Wildman–Crippen MR) is 112 cm³/mol. The quantitative estimate of drug-likeness (QED) is 0.554. The second-order valence-electron chi connectivity index (χ2n) is 6.79. The average Bonchev–Trinajstić information content (AvgIpc) is 2.64. The number of rotatable bonds is 9. The van der Waals surface area contributed by atoms with E-state index in [1.807, 2.05) is 13.8 Å². The number of carbonyl (C=O) groups is 2. The molecule has 0 bridgehead atoms. The summed E-state index contributed by atoms with van der Waals surface area (Å²) in [7, 11) is 0. The molecule has 2 aromatic rings. The maximum absolute atomic E-state index is 15.2. The summed E-state index contributed by atoms with van der Waals surface area (Å²) in [6.07, 6.45) is 0.738. The van der Waals surface area contributed by atoms with E-state index in [9.17, 15) is 9.59 Å². The number of ether oxygens (including phenoxy) is 1. The van der Waals surface area contributed by atoms with Crippen LogP contribution in [0.15, 0.2) is 36.4 Å². The lowest BCUT2D eigenvalue weighted by Crippen LogP contribution is -2.34. The number of amides is 2. The molecule has 6 nitrogen and oxygen atoms in total. The number of primary amides is 1. The zero-order chi connectivity index (χ0) is 21.6. The van der Waals surface area contributed by atoms with Crippen molar-refractivity contribution in [2.45, 2.75) is 45.7 Å². The van der Waals surface area contributed by atoms with Crippen molar-refractivity contribution in [1.29, 1.82) is 0 Å². The van der Waals surface area contributed by atoms with Gasteiger partial charge in [0.25, 0.3) is 0 Å². The highest BCUT2D eigenvalue weighted by Crippen LogP contribution is 2.37. The Kier molecular flexibility index (Phi) is 7.99. The van der Waals surface area contributed by atoms with Gasteiger partial charge in [-0.25, -0.2) is 4.39 Å². The first-order chi connectivity index (χ1) is 13.7. The number of nitrogens with one attached hydrogen (secondary N) is 2. The SMILES string of the molecule is CC[C@@H](N[C@@H](C)CC(N)=O)c1ccc(Cl)c(Oc2ccc(NC(C)=O)cc2)c1F. The standard InChI is InChI=1S/C21H25ClFN3O3/c1-4-18(25-12(2)11-19(24)28)16-9-10-17(22)21(20(16)23)29-15-7-5-14(6-8-15)26-13(3)27/h5-10,12,18,25H,4,11H2,1-3H3,(H2,24,28)(H,26,27)/t12-,18+/m0/s1. The van der Waals surface area contributed by atoms with Crippen LogP contribution in [0.25, 0.3) is 0 Å². The molecule has 0 saturated carbocycles. The molecule has 2 rings (SSSR count). The molecule has 0 unspecified atom stereocenters. The molecule has 4 N–H and O–H groups in total. The Labute approximate surface area is 174 Å². The van der Waals surface area contributed by atoms with E-state index in [0.717, 1.165) is 0 Å². The van der Waals surface area contributed by atoms with E-state index in [2.05, 4.69) is 10.6 Å². The van der Waals surface area contributed by atoms with E-state index < -0.39 is 11.7 Å². The fourth-order valence-electron chi connectivity index (χ4n) is 2.97. The molecule has 0 heterocycles. The average molecular weight is 422 g/mol. The fraction of sp³-hybridized carbons (Fsp3) is 0.333. The summed E-state index contributed by atoms with van der Waals surface area (Å²) in [6, 6.07) is 9.13. The van der Waals surface area contributed by atoms with E-state index in [1.54, 1.807) is 36.4 Å². The van der Waals surface area contributed by atoms with E-state index >= 15 is 4.39 Å². The number of carbonyl (C=O) groups excluding carboxylic acids is 2. The molecule has 0 fully saturated rings. The van der Waals surface area contributed by atoms with Gasteiger partial charge >= 0.3 is 0 Å². The van der Waals surface area contributed by atoms with Crippen molar-refractivity contribution >= 4 is 29.1 Å². The Morgan fingerprint density at radius 3 is 2.41 bits per heavy atom. The molecule has 29 heavy (non-hydrogen) atoms. The van der Waals surface area contributed by atoms with Crippen molar-refractivity contribution in [3.8, 4) is 11.5 Å². The number of halogens is 2. The molecule has 0 aliphatic rings. The van der Waals surface area contributed by atoms with Crippen LogP contribution in [-0.4, -0.2) is 17.9 Å². The van der Waals surface area contributed by atoms with Gasteiger partial charge in [-0.15, -0.1) is 0 Å². The van der Waals surface area contributed by atoms with E-state index in [1.165, 1.54) is 6.92 Å². The first kappa shape index (κ1) is 22.6. The Balaban J connectivity index is 2.25. The van der Waals surface area contributed by atoms with Crippen molar-refractivity contribution in [2.24, 2.45) is 5.73 Å². The molecule has 0 aliphatic carbocycles. The van der Waals surface area contributed by atoms with Crippen LogP contribution < -0.4 is 21.1 Å². The Hall–Kier alpha value is -2.64. The fourth-order valence-corrected chi connectivity index (χ4v) is 3.15. The van der Waals surface area contributed by atoms with Crippen LogP contribution in [0.3, 0.4) is 0 Å². The second kappa shape index (κ2) is 10.2. The van der Waals surface area contributed by atoms with Crippen molar-refractivity contribution in [1.82, 2.24) is 5.32 Å². The lowest BCUT2D eigenvalue weighted by molar-refractivity contribution is -0.118. The smallest absolute Gasteiger partial charge is 0.221 e. The minimum Gasteiger partial charge on any atom is -0.453 e. The summed E-state index contributed by atoms with van der Waals surface area (Å²) in [4.78, 5) is 22.2. The maximum Gasteiger partial charge on any atom is 0.221 e. The largest absolute Gasteiger partial charge is 0.453 e. The van der Waals surface area contributed by atoms with Gasteiger partial charge in [0.1, 0.15) is 5.75 Å². The summed E-state index contributed by atoms with van der Waals surface area (Å²) in [5.41, 5.74) is 6.22. The lowest BCUT2D eigenvalue weighted by Gasteiger charge is -2.23. The van der Waals surface area contributed by atoms with Crippen LogP contribution in [0.1, 0.15) is 45.2 Å². The molecule has 2 aromatic carbocycles. The second-order valence-corrected chi connectivity index (χ2v) is 7.19. The Morgan fingerprint density at radius 2 is 1.86 bits per heavy atom. The zero-order valence-electron chi connectivity index (χ0n) is 16.6. The number of nitrogens with two attached hydrogens (primary N) is 1. The van der Waals surface area contributed by atoms with Crippen LogP contribution in [0, 0.1) is 5.82 Å². The van der Waals surface area contributed by atoms with Gasteiger partial charge in [0, 0.05) is 36.7 Å². The number of anilines is 1. The van der Waals surface area contributed by atoms with Crippen molar-refractivity contribution in [2.75, 3.05) is 5.32 Å². The highest BCUT2D eigenvalue weighted by molar-refractivity contribution is 6.32. The van der Waals surface area contributed by atoms with Gasteiger partial charge in [-0.2, -0.15) is 0 Å². The van der Waals surface area contributed by atoms with E-state index in [4.69, 9.17) is 22.1 Å². The van der Waals surface area contributed by atoms with Crippen LogP contribution in [0.2, 0.25) is 5.02 Å². The van der Waals surface area contributed by atoms with Gasteiger partial charge in [-0.05, 0) is 43.7 Å². The molecule has 0 spiro atoms. The molecule has 0 aliphatic heterocycles. The Morgan fingerprint density at radius 1 is 1.21 bits per heavy atom. The molecule has 0 aromatic heterocycles. The minimum atomic E-state index is -0.575. The van der Waals surface area contributed by atoms with Gasteiger partial charge in [0.15, 0.2) is 11.6 Å². The third kappa shape index (κ3) is 6.44. The molecule has 2 atom stereocenters. The minimum absolute atomic E-state index is 0.0840. The van der Waals surface area contributed by atoms with Gasteiger partial charge in [0.05, 0.1) is 5.02 Å². The molecular weight excluding hydrogens is 397 g/mol. The number of hydrogen-bond donors (Lipinski definition) is 3. The predicted octanol–water partition coefficient (Wildman–Crippen LogP) is 4.53. The molecule has 156 valence electrons. The van der Waals surface area contributed by atoms with Gasteiger partial charge in [-0.1, -0.05) is 24.6 Å². The van der Waals surface area contributed by atoms with E-state index in [-0.39, 0.29) is 35.2 Å². The summed E-state index contributed by atoms with van der Waals surface area (Å²) >= 11 is 6.17. The summed E-state index contributed by atoms with van der Waals surface area (Å²) in [5.74, 6) is -0.902. The zero-order valence-corrected chi connectivity index (χ0v) is 17.3. The third-order valence-electron chi connectivity index (χ3n) is 4.25. The topological polar surface area (TPSA) is 93.4 Å². The summed E-state index contributed by atoms with van der Waals surface area (Å²) in [5, 5.41) is 5.99. The van der Waals surface area contributed by atoms with Crippen molar-refractivity contribution in [3.63, 3.8) is 0 Å². The molecule has 0 radical (unpaired) electrons. The summed E-state index contributed by atoms with van der Waals surface area (Å²) in [6.45, 7) is 5.13. The van der Waals surface area contributed by atoms with Gasteiger partial charge in [-0.3, -0.25) is 9.59 Å². The van der Waals surface area contributed by atoms with Crippen LogP contribution >= 0.6 is 11.6 Å². The van der Waals surface area contributed by atoms with Crippen molar-refractivity contribution in [3.05, 3.63) is 52.8 Å². The van der Waals surface area contributed by atoms with Crippen LogP contribution in [0.4, 0.5) is 10.1 Å². The molecular formula is C21H25ClFN3O3. The third-order valence-corrected chi connectivity index (χ3v) is 4.55. The number of benzene rings is 2. The lowest BCUT2D eigenvalue weighted by atomic mass is 10.0. The maximum atomic E-state index is 15.2. The van der Waals surface area contributed by atoms with E-state index in [0.29, 0.717) is 23.4 Å². The highest BCUT2D eigenvalue weighted by atomic mass is 35.5. The van der Waals surface area contributed by atoms with Crippen LogP contribution in [0.5, 0.6) is 11.5 Å². The highest BCUT2D eigenvalue weighted by Gasteiger charge is 2.22. The molecule has 0 saturated heterocycles. The first-order valence-corrected chi connectivity index (χ1v) is 9.66. The van der Waals surface area contributed by atoms with Gasteiger partial charge in [0.2, 0.25) is 11.8 Å². The summed E-state index contributed by atoms with van der Waals surface area (Å²) < 4.78 is 20.9. The van der Waals surface area contributed by atoms with Gasteiger partial charge < -0.3 is 21.1 Å². The monoisotopic (exact) mass is 421 g/mol. The first-order valence-electron chi connectivity index (χ1n) is 9.29. The Bertz CT molecular complexity index is 874. The van der Waals surface area contributed by atoms with Crippen molar-refractivity contribution < 1.29 is 18.7 Å². The normalized spacial score (nSPS) is 12.9. The van der Waals surface area contributed by atoms with Crippen LogP contribution in [-0.2, 0) is 9.59 Å². The molecule has 8 heteroatoms.